The van der Waals surface area contributed by atoms with Crippen molar-refractivity contribution < 1.29 is 13.2 Å². The van der Waals surface area contributed by atoms with E-state index in [0.717, 1.165) is 12.0 Å². The summed E-state index contributed by atoms with van der Waals surface area (Å²) in [4.78, 5) is 11.9. The Balaban J connectivity index is 2.78. The summed E-state index contributed by atoms with van der Waals surface area (Å²) in [6.45, 7) is 11.3. The van der Waals surface area contributed by atoms with Crippen LogP contribution in [0.3, 0.4) is 0 Å². The molecule has 0 aliphatic rings. The van der Waals surface area contributed by atoms with Gasteiger partial charge in [-0.1, -0.05) is 46.8 Å². The first-order valence-corrected chi connectivity index (χ1v) is 10.6. The van der Waals surface area contributed by atoms with E-state index in [2.05, 4.69) is 39.9 Å². The van der Waals surface area contributed by atoms with Gasteiger partial charge in [-0.15, -0.1) is 0 Å². The molecule has 0 saturated heterocycles. The molecule has 1 rings (SSSR count). The number of rotatable bonds is 8. The highest BCUT2D eigenvalue weighted by atomic mass is 32.2. The summed E-state index contributed by atoms with van der Waals surface area (Å²) in [5, 5.41) is 2.84. The minimum Gasteiger partial charge on any atom is -0.356 e. The summed E-state index contributed by atoms with van der Waals surface area (Å²) in [5.74, 6) is 0.398. The second-order valence-electron chi connectivity index (χ2n) is 7.91. The predicted octanol–water partition coefficient (Wildman–Crippen LogP) is 3.30. The Bertz CT molecular complexity index is 659. The Morgan fingerprint density at radius 2 is 1.72 bits per heavy atom. The fraction of sp³-hybridized carbons (Fsp3) is 0.632. The third kappa shape index (κ3) is 7.46. The van der Waals surface area contributed by atoms with Gasteiger partial charge in [0.2, 0.25) is 15.9 Å². The smallest absolute Gasteiger partial charge is 0.232 e. The summed E-state index contributed by atoms with van der Waals surface area (Å²) < 4.78 is 25.5. The zero-order chi connectivity index (χ0) is 19.3. The fourth-order valence-electron chi connectivity index (χ4n) is 2.41. The molecule has 0 aromatic heterocycles. The van der Waals surface area contributed by atoms with Gasteiger partial charge in [-0.3, -0.25) is 9.10 Å². The van der Waals surface area contributed by atoms with Crippen molar-refractivity contribution in [3.63, 3.8) is 0 Å². The average molecular weight is 369 g/mol. The van der Waals surface area contributed by atoms with Crippen molar-refractivity contribution in [2.75, 3.05) is 23.7 Å². The molecule has 6 heteroatoms. The first kappa shape index (κ1) is 21.5. The molecule has 0 aliphatic heterocycles. The summed E-state index contributed by atoms with van der Waals surface area (Å²) in [6.07, 6.45) is 2.23. The standard InChI is InChI=1S/C19H32N2O3S/c1-15(2)11-13-20-18(22)12-14-21(25(6,23)24)17-9-7-16(8-10-17)19(3,4)5/h7-10,15H,11-14H2,1-6H3,(H,20,22). The molecule has 0 atom stereocenters. The lowest BCUT2D eigenvalue weighted by Gasteiger charge is -2.24. The number of carbonyl (C=O) groups is 1. The predicted molar refractivity (Wildman–Crippen MR) is 104 cm³/mol. The Hall–Kier alpha value is -1.56. The Labute approximate surface area is 152 Å². The molecule has 0 unspecified atom stereocenters. The van der Waals surface area contributed by atoms with Gasteiger partial charge in [0, 0.05) is 19.5 Å². The second-order valence-corrected chi connectivity index (χ2v) is 9.82. The molecule has 0 radical (unpaired) electrons. The van der Waals surface area contributed by atoms with Gasteiger partial charge in [-0.25, -0.2) is 8.42 Å². The molecular formula is C19H32N2O3S. The van der Waals surface area contributed by atoms with Crippen molar-refractivity contribution in [3.8, 4) is 0 Å². The molecule has 5 nitrogen and oxygen atoms in total. The largest absolute Gasteiger partial charge is 0.356 e. The number of nitrogens with one attached hydrogen (secondary N) is 1. The van der Waals surface area contributed by atoms with Crippen LogP contribution < -0.4 is 9.62 Å². The van der Waals surface area contributed by atoms with E-state index in [1.165, 1.54) is 10.6 Å². The number of amides is 1. The highest BCUT2D eigenvalue weighted by Gasteiger charge is 2.20. The first-order chi connectivity index (χ1) is 11.4. The maximum Gasteiger partial charge on any atom is 0.232 e. The number of sulfonamides is 1. The first-order valence-electron chi connectivity index (χ1n) is 8.76. The monoisotopic (exact) mass is 368 g/mol. The fourth-order valence-corrected chi connectivity index (χ4v) is 3.33. The minimum absolute atomic E-state index is 0.00471. The SMILES string of the molecule is CC(C)CCNC(=O)CCN(c1ccc(C(C)(C)C)cc1)S(C)(=O)=O. The molecule has 1 N–H and O–H groups in total. The van der Waals surface area contributed by atoms with Gasteiger partial charge in [-0.2, -0.15) is 0 Å². The lowest BCUT2D eigenvalue weighted by Crippen LogP contribution is -2.35. The van der Waals surface area contributed by atoms with E-state index in [4.69, 9.17) is 0 Å². The van der Waals surface area contributed by atoms with Crippen molar-refractivity contribution >= 4 is 21.6 Å². The van der Waals surface area contributed by atoms with Crippen LogP contribution in [0.15, 0.2) is 24.3 Å². The van der Waals surface area contributed by atoms with Gasteiger partial charge >= 0.3 is 0 Å². The molecule has 1 aromatic rings. The summed E-state index contributed by atoms with van der Waals surface area (Å²) in [7, 11) is -3.44. The van der Waals surface area contributed by atoms with Gasteiger partial charge in [0.25, 0.3) is 0 Å². The third-order valence-corrected chi connectivity index (χ3v) is 5.20. The quantitative estimate of drug-likeness (QED) is 0.765. The highest BCUT2D eigenvalue weighted by molar-refractivity contribution is 7.92. The zero-order valence-electron chi connectivity index (χ0n) is 16.3. The Morgan fingerprint density at radius 1 is 1.16 bits per heavy atom. The van der Waals surface area contributed by atoms with Crippen molar-refractivity contribution in [3.05, 3.63) is 29.8 Å². The van der Waals surface area contributed by atoms with E-state index in [0.29, 0.717) is 18.2 Å². The van der Waals surface area contributed by atoms with Gasteiger partial charge in [0.05, 0.1) is 11.9 Å². The van der Waals surface area contributed by atoms with Crippen LogP contribution >= 0.6 is 0 Å². The molecule has 0 bridgehead atoms. The van der Waals surface area contributed by atoms with E-state index in [1.807, 2.05) is 12.1 Å². The van der Waals surface area contributed by atoms with Gasteiger partial charge in [0.1, 0.15) is 0 Å². The van der Waals surface area contributed by atoms with Crippen LogP contribution in [0.5, 0.6) is 0 Å². The molecule has 0 fully saturated rings. The van der Waals surface area contributed by atoms with Crippen molar-refractivity contribution in [1.82, 2.24) is 5.32 Å². The maximum atomic E-state index is 12.1. The van der Waals surface area contributed by atoms with Gasteiger partial charge in [0.15, 0.2) is 0 Å². The molecule has 1 aromatic carbocycles. The van der Waals surface area contributed by atoms with Crippen LogP contribution in [0.25, 0.3) is 0 Å². The zero-order valence-corrected chi connectivity index (χ0v) is 17.1. The molecule has 0 saturated carbocycles. The van der Waals surface area contributed by atoms with Crippen molar-refractivity contribution in [2.24, 2.45) is 5.92 Å². The number of hydrogen-bond acceptors (Lipinski definition) is 3. The van der Waals surface area contributed by atoms with E-state index >= 15 is 0 Å². The number of carbonyl (C=O) groups excluding carboxylic acids is 1. The molecule has 0 spiro atoms. The lowest BCUT2D eigenvalue weighted by atomic mass is 9.87. The topological polar surface area (TPSA) is 66.5 Å². The Morgan fingerprint density at radius 3 is 2.16 bits per heavy atom. The molecule has 0 heterocycles. The molecule has 25 heavy (non-hydrogen) atoms. The van der Waals surface area contributed by atoms with Crippen LogP contribution in [0, 0.1) is 5.92 Å². The Kier molecular flexibility index (Phi) is 7.47. The van der Waals surface area contributed by atoms with Crippen LogP contribution in [-0.4, -0.2) is 33.7 Å². The number of anilines is 1. The van der Waals surface area contributed by atoms with Gasteiger partial charge in [-0.05, 0) is 35.4 Å². The number of hydrogen-bond donors (Lipinski definition) is 1. The van der Waals surface area contributed by atoms with Crippen LogP contribution in [0.4, 0.5) is 5.69 Å². The van der Waals surface area contributed by atoms with E-state index in [-0.39, 0.29) is 24.3 Å². The molecular weight excluding hydrogens is 336 g/mol. The third-order valence-electron chi connectivity index (χ3n) is 4.01. The number of nitrogens with zero attached hydrogens (tertiary/aromatic N) is 1. The van der Waals surface area contributed by atoms with Crippen molar-refractivity contribution in [1.29, 1.82) is 0 Å². The van der Waals surface area contributed by atoms with Crippen LogP contribution in [0.2, 0.25) is 0 Å². The average Bonchev–Trinajstić information content (AvgIpc) is 2.45. The molecule has 142 valence electrons. The van der Waals surface area contributed by atoms with E-state index < -0.39 is 10.0 Å². The maximum absolute atomic E-state index is 12.1. The number of benzene rings is 1. The van der Waals surface area contributed by atoms with E-state index in [1.54, 1.807) is 12.1 Å². The lowest BCUT2D eigenvalue weighted by molar-refractivity contribution is -0.120. The van der Waals surface area contributed by atoms with Crippen LogP contribution in [-0.2, 0) is 20.2 Å². The van der Waals surface area contributed by atoms with Crippen molar-refractivity contribution in [2.45, 2.75) is 52.9 Å². The van der Waals surface area contributed by atoms with Gasteiger partial charge < -0.3 is 5.32 Å². The summed E-state index contributed by atoms with van der Waals surface area (Å²) >= 11 is 0. The highest BCUT2D eigenvalue weighted by Crippen LogP contribution is 2.26. The molecule has 1 amide bonds. The minimum atomic E-state index is -3.44. The normalized spacial score (nSPS) is 12.3. The van der Waals surface area contributed by atoms with E-state index in [9.17, 15) is 13.2 Å². The second kappa shape index (κ2) is 8.70. The summed E-state index contributed by atoms with van der Waals surface area (Å²) in [5.41, 5.74) is 1.73. The molecule has 0 aliphatic carbocycles. The summed E-state index contributed by atoms with van der Waals surface area (Å²) in [6, 6.07) is 7.49. The van der Waals surface area contributed by atoms with Crippen LogP contribution in [0.1, 0.15) is 53.0 Å².